The van der Waals surface area contributed by atoms with Gasteiger partial charge in [-0.15, -0.1) is 6.58 Å². The van der Waals surface area contributed by atoms with Crippen LogP contribution in [0.3, 0.4) is 0 Å². The number of anilines is 1. The lowest BCUT2D eigenvalue weighted by atomic mass is 9.70. The molecule has 1 aromatic rings. The quantitative estimate of drug-likeness (QED) is 0.803. The largest absolute Gasteiger partial charge is 0.371 e. The molecule has 146 valence electrons. The summed E-state index contributed by atoms with van der Waals surface area (Å²) in [6.07, 6.45) is 11.4. The van der Waals surface area contributed by atoms with E-state index in [0.717, 1.165) is 24.7 Å². The molecule has 4 nitrogen and oxygen atoms in total. The summed E-state index contributed by atoms with van der Waals surface area (Å²) in [6, 6.07) is 8.98. The maximum Gasteiger partial charge on any atom is 0.251 e. The van der Waals surface area contributed by atoms with Gasteiger partial charge in [0, 0.05) is 36.9 Å². The third-order valence-corrected chi connectivity index (χ3v) is 7.18. The standard InChI is InChI=1S/C23H33N3O/c1-2-14-24-22(27)19-6-8-21(9-7-19)26-17-12-23(13-18-26)10-15-25(16-11-23)20-4-3-5-20/h2,6-9,20H,1,3-5,10-18H2,(H,24,27). The Labute approximate surface area is 163 Å². The van der Waals surface area contributed by atoms with Crippen LogP contribution in [0.15, 0.2) is 36.9 Å². The second-order valence-corrected chi connectivity index (χ2v) is 8.65. The van der Waals surface area contributed by atoms with Gasteiger partial charge in [-0.05, 0) is 81.3 Å². The summed E-state index contributed by atoms with van der Waals surface area (Å²) in [4.78, 5) is 17.3. The van der Waals surface area contributed by atoms with Crippen LogP contribution in [-0.4, -0.2) is 49.6 Å². The predicted octanol–water partition coefficient (Wildman–Crippen LogP) is 3.84. The van der Waals surface area contributed by atoms with Crippen molar-refractivity contribution in [2.75, 3.05) is 37.6 Å². The number of carbonyl (C=O) groups excluding carboxylic acids is 1. The van der Waals surface area contributed by atoms with Gasteiger partial charge in [0.05, 0.1) is 0 Å². The number of amides is 1. The minimum atomic E-state index is -0.0303. The fourth-order valence-corrected chi connectivity index (χ4v) is 4.95. The zero-order valence-corrected chi connectivity index (χ0v) is 16.5. The third kappa shape index (κ3) is 4.06. The molecule has 3 aliphatic rings. The van der Waals surface area contributed by atoms with Gasteiger partial charge in [-0.2, -0.15) is 0 Å². The van der Waals surface area contributed by atoms with Gasteiger partial charge < -0.3 is 15.1 Å². The maximum atomic E-state index is 12.0. The van der Waals surface area contributed by atoms with Crippen molar-refractivity contribution in [3.63, 3.8) is 0 Å². The lowest BCUT2D eigenvalue weighted by Crippen LogP contribution is -2.50. The Morgan fingerprint density at radius 2 is 1.70 bits per heavy atom. The molecule has 1 N–H and O–H groups in total. The minimum absolute atomic E-state index is 0.0303. The Balaban J connectivity index is 1.29. The summed E-state index contributed by atoms with van der Waals surface area (Å²) in [5.74, 6) is -0.0303. The molecule has 1 aromatic carbocycles. The average Bonchev–Trinajstić information content (AvgIpc) is 2.67. The smallest absolute Gasteiger partial charge is 0.251 e. The first-order valence-corrected chi connectivity index (χ1v) is 10.7. The highest BCUT2D eigenvalue weighted by molar-refractivity contribution is 5.94. The molecule has 3 fully saturated rings. The highest BCUT2D eigenvalue weighted by Crippen LogP contribution is 2.43. The lowest BCUT2D eigenvalue weighted by molar-refractivity contribution is 0.0306. The Morgan fingerprint density at radius 1 is 1.07 bits per heavy atom. The van der Waals surface area contributed by atoms with Crippen molar-refractivity contribution < 1.29 is 4.79 Å². The zero-order chi connectivity index (χ0) is 18.7. The summed E-state index contributed by atoms with van der Waals surface area (Å²) >= 11 is 0. The second-order valence-electron chi connectivity index (χ2n) is 8.65. The predicted molar refractivity (Wildman–Crippen MR) is 111 cm³/mol. The summed E-state index contributed by atoms with van der Waals surface area (Å²) in [6.45, 7) is 9.07. The highest BCUT2D eigenvalue weighted by Gasteiger charge is 2.39. The van der Waals surface area contributed by atoms with Gasteiger partial charge in [0.2, 0.25) is 0 Å². The van der Waals surface area contributed by atoms with Gasteiger partial charge in [-0.1, -0.05) is 12.5 Å². The first-order valence-electron chi connectivity index (χ1n) is 10.7. The van der Waals surface area contributed by atoms with E-state index in [4.69, 9.17) is 0 Å². The molecule has 0 aromatic heterocycles. The molecular weight excluding hydrogens is 334 g/mol. The van der Waals surface area contributed by atoms with Crippen LogP contribution in [0.25, 0.3) is 0 Å². The van der Waals surface area contributed by atoms with Crippen LogP contribution >= 0.6 is 0 Å². The molecule has 0 atom stereocenters. The van der Waals surface area contributed by atoms with Crippen molar-refractivity contribution >= 4 is 11.6 Å². The molecule has 27 heavy (non-hydrogen) atoms. The molecule has 1 spiro atoms. The molecular formula is C23H33N3O. The topological polar surface area (TPSA) is 35.6 Å². The summed E-state index contributed by atoms with van der Waals surface area (Å²) < 4.78 is 0. The molecule has 1 saturated carbocycles. The molecule has 0 unspecified atom stereocenters. The van der Waals surface area contributed by atoms with Gasteiger partial charge in [-0.3, -0.25) is 4.79 Å². The number of hydrogen-bond acceptors (Lipinski definition) is 3. The highest BCUT2D eigenvalue weighted by atomic mass is 16.1. The SMILES string of the molecule is C=CCNC(=O)c1ccc(N2CCC3(CC2)CCN(C2CCC2)CC3)cc1. The van der Waals surface area contributed by atoms with Crippen LogP contribution in [0.2, 0.25) is 0 Å². The van der Waals surface area contributed by atoms with E-state index in [1.54, 1.807) is 6.08 Å². The van der Waals surface area contributed by atoms with Crippen LogP contribution in [0, 0.1) is 5.41 Å². The fourth-order valence-electron chi connectivity index (χ4n) is 4.95. The summed E-state index contributed by atoms with van der Waals surface area (Å²) in [7, 11) is 0. The van der Waals surface area contributed by atoms with E-state index < -0.39 is 0 Å². The molecule has 4 heteroatoms. The Morgan fingerprint density at radius 3 is 2.26 bits per heavy atom. The van der Waals surface area contributed by atoms with Crippen molar-refractivity contribution in [3.05, 3.63) is 42.5 Å². The average molecular weight is 368 g/mol. The van der Waals surface area contributed by atoms with Gasteiger partial charge >= 0.3 is 0 Å². The zero-order valence-electron chi connectivity index (χ0n) is 16.5. The van der Waals surface area contributed by atoms with Crippen molar-refractivity contribution in [1.29, 1.82) is 0 Å². The fraction of sp³-hybridized carbons (Fsp3) is 0.609. The van der Waals surface area contributed by atoms with E-state index in [0.29, 0.717) is 12.0 Å². The van der Waals surface area contributed by atoms with Crippen molar-refractivity contribution in [2.24, 2.45) is 5.41 Å². The van der Waals surface area contributed by atoms with Crippen LogP contribution in [0.5, 0.6) is 0 Å². The van der Waals surface area contributed by atoms with E-state index >= 15 is 0 Å². The van der Waals surface area contributed by atoms with Crippen molar-refractivity contribution in [3.8, 4) is 0 Å². The lowest BCUT2D eigenvalue weighted by Gasteiger charge is -2.50. The molecule has 0 radical (unpaired) electrons. The molecule has 1 amide bonds. The number of rotatable bonds is 5. The van der Waals surface area contributed by atoms with Gasteiger partial charge in [0.25, 0.3) is 5.91 Å². The summed E-state index contributed by atoms with van der Waals surface area (Å²) in [5, 5.41) is 2.83. The van der Waals surface area contributed by atoms with Crippen LogP contribution in [0.1, 0.15) is 55.3 Å². The number of benzene rings is 1. The number of piperidine rings is 2. The molecule has 0 bridgehead atoms. The van der Waals surface area contributed by atoms with E-state index in [1.165, 1.54) is 63.7 Å². The van der Waals surface area contributed by atoms with Gasteiger partial charge in [0.1, 0.15) is 0 Å². The van der Waals surface area contributed by atoms with Crippen molar-refractivity contribution in [1.82, 2.24) is 10.2 Å². The number of nitrogens with one attached hydrogen (secondary N) is 1. The second kappa shape index (κ2) is 8.05. The normalized spacial score (nSPS) is 23.0. The monoisotopic (exact) mass is 367 g/mol. The van der Waals surface area contributed by atoms with E-state index in [-0.39, 0.29) is 5.91 Å². The van der Waals surface area contributed by atoms with E-state index in [2.05, 4.69) is 33.8 Å². The van der Waals surface area contributed by atoms with E-state index in [1.807, 2.05) is 12.1 Å². The van der Waals surface area contributed by atoms with Crippen LogP contribution < -0.4 is 10.2 Å². The Hall–Kier alpha value is -1.81. The maximum absolute atomic E-state index is 12.0. The Bertz CT molecular complexity index is 647. The number of carbonyl (C=O) groups is 1. The number of hydrogen-bond donors (Lipinski definition) is 1. The first kappa shape index (κ1) is 18.5. The molecule has 2 saturated heterocycles. The molecule has 1 aliphatic carbocycles. The number of likely N-dealkylation sites (tertiary alicyclic amines) is 1. The molecule has 4 rings (SSSR count). The minimum Gasteiger partial charge on any atom is -0.371 e. The molecule has 2 aliphatic heterocycles. The van der Waals surface area contributed by atoms with Gasteiger partial charge in [-0.25, -0.2) is 0 Å². The Kier molecular flexibility index (Phi) is 5.53. The van der Waals surface area contributed by atoms with E-state index in [9.17, 15) is 4.79 Å². The summed E-state index contributed by atoms with van der Waals surface area (Å²) in [5.41, 5.74) is 2.55. The van der Waals surface area contributed by atoms with Crippen molar-refractivity contribution in [2.45, 2.75) is 51.0 Å². The van der Waals surface area contributed by atoms with Crippen LogP contribution in [0.4, 0.5) is 5.69 Å². The first-order chi connectivity index (χ1) is 13.2. The number of nitrogens with zero attached hydrogens (tertiary/aromatic N) is 2. The molecule has 2 heterocycles. The van der Waals surface area contributed by atoms with Gasteiger partial charge in [0.15, 0.2) is 0 Å². The third-order valence-electron chi connectivity index (χ3n) is 7.18. The van der Waals surface area contributed by atoms with Crippen LogP contribution in [-0.2, 0) is 0 Å².